The van der Waals surface area contributed by atoms with Crippen molar-refractivity contribution in [1.82, 2.24) is 8.87 Å². The quantitative estimate of drug-likeness (QED) is 0.767. The van der Waals surface area contributed by atoms with Crippen molar-refractivity contribution in [3.63, 3.8) is 0 Å². The number of hydrogen-bond donors (Lipinski definition) is 1. The second-order valence-electron chi connectivity index (χ2n) is 5.28. The van der Waals surface area contributed by atoms with Gasteiger partial charge in [-0.2, -0.15) is 4.31 Å². The van der Waals surface area contributed by atoms with Gasteiger partial charge < -0.3 is 9.67 Å². The van der Waals surface area contributed by atoms with E-state index in [2.05, 4.69) is 0 Å². The molecule has 0 aliphatic heterocycles. The van der Waals surface area contributed by atoms with E-state index in [4.69, 9.17) is 0 Å². The normalized spacial score (nSPS) is 13.3. The molecule has 0 amide bonds. The van der Waals surface area contributed by atoms with E-state index in [-0.39, 0.29) is 29.8 Å². The molecule has 0 spiro atoms. The van der Waals surface area contributed by atoms with E-state index in [1.165, 1.54) is 19.3 Å². The van der Waals surface area contributed by atoms with E-state index in [1.54, 1.807) is 4.57 Å². The molecule has 21 heavy (non-hydrogen) atoms. The van der Waals surface area contributed by atoms with Crippen LogP contribution in [0.25, 0.3) is 0 Å². The average Bonchev–Trinajstić information content (AvgIpc) is 2.79. The van der Waals surface area contributed by atoms with Crippen molar-refractivity contribution in [2.45, 2.75) is 31.4 Å². The zero-order valence-electron chi connectivity index (χ0n) is 12.6. The molecule has 0 fully saturated rings. The van der Waals surface area contributed by atoms with Crippen LogP contribution in [0.15, 0.2) is 17.2 Å². The highest BCUT2D eigenvalue weighted by Crippen LogP contribution is 2.21. The Morgan fingerprint density at radius 1 is 1.29 bits per heavy atom. The molecule has 0 radical (unpaired) electrons. The lowest BCUT2D eigenvalue weighted by atomic mass is 10.3. The highest BCUT2D eigenvalue weighted by Gasteiger charge is 2.24. The zero-order valence-corrected chi connectivity index (χ0v) is 14.3. The first-order valence-corrected chi connectivity index (χ1v) is 9.94. The molecule has 122 valence electrons. The van der Waals surface area contributed by atoms with Crippen molar-refractivity contribution < 1.29 is 21.9 Å². The Morgan fingerprint density at radius 3 is 2.24 bits per heavy atom. The summed E-state index contributed by atoms with van der Waals surface area (Å²) in [6.07, 6.45) is 2.52. The van der Waals surface area contributed by atoms with Gasteiger partial charge >= 0.3 is 0 Å². The van der Waals surface area contributed by atoms with Gasteiger partial charge in [-0.1, -0.05) is 0 Å². The maximum absolute atomic E-state index is 12.4. The number of sulfone groups is 1. The molecule has 0 bridgehead atoms. The molecule has 1 aromatic rings. The predicted molar refractivity (Wildman–Crippen MR) is 80.3 cm³/mol. The van der Waals surface area contributed by atoms with Gasteiger partial charge in [-0.25, -0.2) is 16.8 Å². The summed E-state index contributed by atoms with van der Waals surface area (Å²) >= 11 is 0. The molecule has 1 rings (SSSR count). The Bertz CT molecular complexity index is 689. The van der Waals surface area contributed by atoms with Crippen molar-refractivity contribution in [1.29, 1.82) is 0 Å². The van der Waals surface area contributed by atoms with Crippen LogP contribution in [-0.4, -0.2) is 56.4 Å². The third-order valence-electron chi connectivity index (χ3n) is 3.11. The second-order valence-corrected chi connectivity index (χ2v) is 9.59. The Balaban J connectivity index is 3.07. The Morgan fingerprint density at radius 2 is 1.86 bits per heavy atom. The molecule has 0 saturated heterocycles. The first-order valence-electron chi connectivity index (χ1n) is 6.44. The Labute approximate surface area is 126 Å². The number of nitrogens with zero attached hydrogens (tertiary/aromatic N) is 2. The second kappa shape index (κ2) is 6.47. The van der Waals surface area contributed by atoms with E-state index in [0.29, 0.717) is 5.69 Å². The van der Waals surface area contributed by atoms with Gasteiger partial charge in [-0.3, -0.25) is 0 Å². The number of aliphatic hydroxyl groups excluding tert-OH is 1. The van der Waals surface area contributed by atoms with E-state index < -0.39 is 19.9 Å². The van der Waals surface area contributed by atoms with Crippen LogP contribution in [0, 0.1) is 0 Å². The minimum atomic E-state index is -3.77. The largest absolute Gasteiger partial charge is 0.390 e. The zero-order chi connectivity index (χ0) is 16.4. The summed E-state index contributed by atoms with van der Waals surface area (Å²) in [6.45, 7) is 3.38. The molecule has 1 N–H and O–H groups in total. The van der Waals surface area contributed by atoms with Crippen molar-refractivity contribution in [3.8, 4) is 0 Å². The Kier molecular flexibility index (Phi) is 5.59. The van der Waals surface area contributed by atoms with Gasteiger partial charge in [0.15, 0.2) is 0 Å². The number of rotatable bonds is 7. The molecular formula is C12H22N2O5S2. The maximum atomic E-state index is 12.4. The van der Waals surface area contributed by atoms with Gasteiger partial charge in [-0.15, -0.1) is 0 Å². The number of aliphatic hydroxyl groups is 1. The van der Waals surface area contributed by atoms with E-state index in [9.17, 15) is 21.9 Å². The fourth-order valence-corrected chi connectivity index (χ4v) is 3.78. The summed E-state index contributed by atoms with van der Waals surface area (Å²) in [6, 6.07) is 1.42. The standard InChI is InChI=1S/C12H22N2O5S2/c1-10(2)14-8-12(7-11(14)9-15)21(18,19)13(3)5-6-20(4,16)17/h7-8,10,15H,5-6,9H2,1-4H3. The van der Waals surface area contributed by atoms with Crippen LogP contribution in [0.1, 0.15) is 25.6 Å². The lowest BCUT2D eigenvalue weighted by Gasteiger charge is -2.15. The fourth-order valence-electron chi connectivity index (χ4n) is 1.84. The molecule has 0 unspecified atom stereocenters. The van der Waals surface area contributed by atoms with Crippen molar-refractivity contribution in [2.75, 3.05) is 25.6 Å². The summed E-state index contributed by atoms with van der Waals surface area (Å²) < 4.78 is 49.7. The van der Waals surface area contributed by atoms with Gasteiger partial charge in [0, 0.05) is 37.8 Å². The first-order chi connectivity index (χ1) is 9.49. The molecule has 1 aromatic heterocycles. The minimum Gasteiger partial charge on any atom is -0.390 e. The van der Waals surface area contributed by atoms with E-state index in [1.807, 2.05) is 13.8 Å². The summed E-state index contributed by atoms with van der Waals surface area (Å²) in [5.41, 5.74) is 0.500. The Hall–Kier alpha value is -0.900. The molecule has 7 nitrogen and oxygen atoms in total. The monoisotopic (exact) mass is 338 g/mol. The van der Waals surface area contributed by atoms with Crippen LogP contribution in [0.5, 0.6) is 0 Å². The number of hydrogen-bond acceptors (Lipinski definition) is 5. The predicted octanol–water partition coefficient (Wildman–Crippen LogP) is 0.226. The van der Waals surface area contributed by atoms with Gasteiger partial charge in [0.2, 0.25) is 10.0 Å². The van der Waals surface area contributed by atoms with Crippen LogP contribution >= 0.6 is 0 Å². The van der Waals surface area contributed by atoms with E-state index in [0.717, 1.165) is 10.6 Å². The SMILES string of the molecule is CC(C)n1cc(S(=O)(=O)N(C)CCS(C)(=O)=O)cc1CO. The van der Waals surface area contributed by atoms with Gasteiger partial charge in [0.25, 0.3) is 0 Å². The van der Waals surface area contributed by atoms with Crippen LogP contribution in [0.2, 0.25) is 0 Å². The maximum Gasteiger partial charge on any atom is 0.244 e. The molecule has 0 saturated carbocycles. The van der Waals surface area contributed by atoms with Gasteiger partial charge in [0.1, 0.15) is 14.7 Å². The first kappa shape index (κ1) is 18.1. The van der Waals surface area contributed by atoms with Crippen molar-refractivity contribution >= 4 is 19.9 Å². The van der Waals surface area contributed by atoms with Crippen LogP contribution < -0.4 is 0 Å². The molecular weight excluding hydrogens is 316 g/mol. The van der Waals surface area contributed by atoms with Crippen LogP contribution in [0.3, 0.4) is 0 Å². The molecule has 0 atom stereocenters. The van der Waals surface area contributed by atoms with Gasteiger partial charge in [0.05, 0.1) is 12.4 Å². The molecule has 0 aliphatic carbocycles. The van der Waals surface area contributed by atoms with Crippen LogP contribution in [-0.2, 0) is 26.5 Å². The molecule has 0 aliphatic rings. The summed E-state index contributed by atoms with van der Waals surface area (Å²) in [5, 5.41) is 9.29. The molecule has 0 aromatic carbocycles. The summed E-state index contributed by atoms with van der Waals surface area (Å²) in [4.78, 5) is 0.0521. The van der Waals surface area contributed by atoms with Gasteiger partial charge in [-0.05, 0) is 19.9 Å². The third-order valence-corrected chi connectivity index (χ3v) is 5.86. The molecule has 9 heteroatoms. The highest BCUT2D eigenvalue weighted by atomic mass is 32.2. The minimum absolute atomic E-state index is 0.0115. The summed E-state index contributed by atoms with van der Waals surface area (Å²) in [7, 11) is -5.66. The van der Waals surface area contributed by atoms with Crippen molar-refractivity contribution in [2.24, 2.45) is 0 Å². The smallest absolute Gasteiger partial charge is 0.244 e. The number of aromatic nitrogens is 1. The number of sulfonamides is 1. The van der Waals surface area contributed by atoms with Crippen LogP contribution in [0.4, 0.5) is 0 Å². The summed E-state index contributed by atoms with van der Waals surface area (Å²) in [5.74, 6) is -0.236. The lowest BCUT2D eigenvalue weighted by molar-refractivity contribution is 0.268. The lowest BCUT2D eigenvalue weighted by Crippen LogP contribution is -2.31. The highest BCUT2D eigenvalue weighted by molar-refractivity contribution is 7.91. The van der Waals surface area contributed by atoms with E-state index >= 15 is 0 Å². The average molecular weight is 338 g/mol. The third kappa shape index (κ3) is 4.53. The van der Waals surface area contributed by atoms with Crippen molar-refractivity contribution in [3.05, 3.63) is 18.0 Å². The fraction of sp³-hybridized carbons (Fsp3) is 0.667. The molecule has 1 heterocycles. The topological polar surface area (TPSA) is 96.7 Å².